The summed E-state index contributed by atoms with van der Waals surface area (Å²) in [7, 11) is 0. The third-order valence-corrected chi connectivity index (χ3v) is 7.13. The molecular weight excluding hydrogens is 445 g/mol. The molecule has 27 heavy (non-hydrogen) atoms. The van der Waals surface area contributed by atoms with Crippen molar-refractivity contribution in [3.63, 3.8) is 0 Å². The van der Waals surface area contributed by atoms with Gasteiger partial charge in [0.1, 0.15) is 0 Å². The lowest BCUT2D eigenvalue weighted by atomic mass is 10.1. The van der Waals surface area contributed by atoms with Gasteiger partial charge in [0, 0.05) is 32.0 Å². The second-order valence-corrected chi connectivity index (χ2v) is 9.49. The standard InChI is InChI=1S/C19H14Cl3NO2S2/c20-11-5-6-16(15(22)7-11)23-18(25)10-26-19-9-12(24)8-17(27-19)13-3-1-2-4-14(13)21/h1-7,9,17H,8,10H2,(H,23,25)/t17-/m0/s1. The fourth-order valence-corrected chi connectivity index (χ4v) is 5.69. The molecule has 0 aromatic heterocycles. The summed E-state index contributed by atoms with van der Waals surface area (Å²) in [5, 5.41) is 4.22. The average molecular weight is 459 g/mol. The number of thioether (sulfide) groups is 2. The Morgan fingerprint density at radius 1 is 1.15 bits per heavy atom. The van der Waals surface area contributed by atoms with Crippen LogP contribution >= 0.6 is 58.3 Å². The van der Waals surface area contributed by atoms with E-state index in [1.165, 1.54) is 11.8 Å². The lowest BCUT2D eigenvalue weighted by molar-refractivity contribution is -0.115. The summed E-state index contributed by atoms with van der Waals surface area (Å²) in [4.78, 5) is 24.3. The minimum atomic E-state index is -0.210. The van der Waals surface area contributed by atoms with E-state index in [4.69, 9.17) is 34.8 Å². The van der Waals surface area contributed by atoms with E-state index in [0.717, 1.165) is 9.80 Å². The van der Waals surface area contributed by atoms with Crippen LogP contribution in [0, 0.1) is 0 Å². The summed E-state index contributed by atoms with van der Waals surface area (Å²) < 4.78 is 0.800. The van der Waals surface area contributed by atoms with E-state index >= 15 is 0 Å². The predicted molar refractivity (Wildman–Crippen MR) is 117 cm³/mol. The van der Waals surface area contributed by atoms with Gasteiger partial charge in [-0.2, -0.15) is 0 Å². The Bertz CT molecular complexity index is 918. The molecule has 1 heterocycles. The van der Waals surface area contributed by atoms with Crippen molar-refractivity contribution >= 4 is 75.7 Å². The number of amides is 1. The Morgan fingerprint density at radius 2 is 1.93 bits per heavy atom. The third kappa shape index (κ3) is 5.69. The van der Waals surface area contributed by atoms with Gasteiger partial charge in [0.2, 0.25) is 5.91 Å². The molecule has 140 valence electrons. The van der Waals surface area contributed by atoms with Crippen LogP contribution in [0.5, 0.6) is 0 Å². The maximum atomic E-state index is 12.2. The van der Waals surface area contributed by atoms with Gasteiger partial charge >= 0.3 is 0 Å². The number of anilines is 1. The zero-order valence-corrected chi connectivity index (χ0v) is 17.8. The molecule has 1 aliphatic heterocycles. The average Bonchev–Trinajstić information content (AvgIpc) is 2.62. The molecule has 1 aliphatic rings. The van der Waals surface area contributed by atoms with Crippen molar-refractivity contribution < 1.29 is 9.59 Å². The lowest BCUT2D eigenvalue weighted by Crippen LogP contribution is -2.15. The molecule has 3 nitrogen and oxygen atoms in total. The largest absolute Gasteiger partial charge is 0.324 e. The summed E-state index contributed by atoms with van der Waals surface area (Å²) >= 11 is 21.0. The van der Waals surface area contributed by atoms with Gasteiger partial charge in [0.05, 0.1) is 16.5 Å². The van der Waals surface area contributed by atoms with E-state index in [9.17, 15) is 9.59 Å². The maximum Gasteiger partial charge on any atom is 0.234 e. The first-order valence-corrected chi connectivity index (χ1v) is 11.0. The van der Waals surface area contributed by atoms with Crippen LogP contribution in [0.3, 0.4) is 0 Å². The number of carbonyl (C=O) groups excluding carboxylic acids is 2. The lowest BCUT2D eigenvalue weighted by Gasteiger charge is -2.22. The second-order valence-electron chi connectivity index (χ2n) is 5.72. The van der Waals surface area contributed by atoms with E-state index in [-0.39, 0.29) is 22.7 Å². The number of hydrogen-bond acceptors (Lipinski definition) is 4. The topological polar surface area (TPSA) is 46.2 Å². The van der Waals surface area contributed by atoms with Crippen molar-refractivity contribution in [2.45, 2.75) is 11.7 Å². The smallest absolute Gasteiger partial charge is 0.234 e. The molecule has 0 fully saturated rings. The Balaban J connectivity index is 1.61. The monoisotopic (exact) mass is 457 g/mol. The molecule has 0 bridgehead atoms. The van der Waals surface area contributed by atoms with Crippen molar-refractivity contribution in [3.8, 4) is 0 Å². The Hall–Kier alpha value is -1.11. The predicted octanol–water partition coefficient (Wildman–Crippen LogP) is 6.61. The molecule has 0 aliphatic carbocycles. The summed E-state index contributed by atoms with van der Waals surface area (Å²) in [5.74, 6) is -0.0132. The Labute approximate surface area is 180 Å². The number of benzene rings is 2. The first-order valence-electron chi connectivity index (χ1n) is 7.95. The van der Waals surface area contributed by atoms with Crippen LogP contribution in [0.15, 0.2) is 52.8 Å². The van der Waals surface area contributed by atoms with Crippen molar-refractivity contribution in [2.24, 2.45) is 0 Å². The van der Waals surface area contributed by atoms with Crippen LogP contribution < -0.4 is 5.32 Å². The molecule has 0 spiro atoms. The van der Waals surface area contributed by atoms with E-state index < -0.39 is 0 Å². The van der Waals surface area contributed by atoms with Crippen LogP contribution in [0.1, 0.15) is 17.2 Å². The number of rotatable bonds is 5. The van der Waals surface area contributed by atoms with Crippen LogP contribution in [0.2, 0.25) is 15.1 Å². The summed E-state index contributed by atoms with van der Waals surface area (Å²) in [6.45, 7) is 0. The van der Waals surface area contributed by atoms with Gasteiger partial charge in [-0.05, 0) is 29.8 Å². The van der Waals surface area contributed by atoms with Crippen LogP contribution in [-0.4, -0.2) is 17.4 Å². The molecule has 2 aromatic rings. The van der Waals surface area contributed by atoms with E-state index in [1.54, 1.807) is 36.0 Å². The van der Waals surface area contributed by atoms with Crippen LogP contribution in [0.4, 0.5) is 5.69 Å². The number of nitrogens with one attached hydrogen (secondary N) is 1. The fraction of sp³-hybridized carbons (Fsp3) is 0.158. The Kier molecular flexibility index (Phi) is 7.17. The highest BCUT2D eigenvalue weighted by Gasteiger charge is 2.25. The molecule has 0 radical (unpaired) electrons. The number of allylic oxidation sites excluding steroid dienone is 1. The fourth-order valence-electron chi connectivity index (χ4n) is 2.49. The molecule has 1 amide bonds. The minimum absolute atomic E-state index is 0.0299. The van der Waals surface area contributed by atoms with Gasteiger partial charge in [-0.1, -0.05) is 53.0 Å². The van der Waals surface area contributed by atoms with E-state index in [2.05, 4.69) is 5.32 Å². The maximum absolute atomic E-state index is 12.2. The highest BCUT2D eigenvalue weighted by atomic mass is 35.5. The minimum Gasteiger partial charge on any atom is -0.324 e. The van der Waals surface area contributed by atoms with Crippen molar-refractivity contribution in [1.29, 1.82) is 0 Å². The number of carbonyl (C=O) groups is 2. The summed E-state index contributed by atoms with van der Waals surface area (Å²) in [5.41, 5.74) is 1.43. The quantitative estimate of drug-likeness (QED) is 0.548. The highest BCUT2D eigenvalue weighted by Crippen LogP contribution is 2.47. The molecule has 8 heteroatoms. The molecule has 3 rings (SSSR count). The number of halogens is 3. The summed E-state index contributed by atoms with van der Waals surface area (Å²) in [6.07, 6.45) is 1.98. The second kappa shape index (κ2) is 9.39. The SMILES string of the molecule is O=C1C=C(SCC(=O)Nc2ccc(Cl)cc2Cl)S[C@H](c2ccccc2Cl)C1. The van der Waals surface area contributed by atoms with Crippen molar-refractivity contribution in [3.05, 3.63) is 73.4 Å². The first-order chi connectivity index (χ1) is 12.9. The summed E-state index contributed by atoms with van der Waals surface area (Å²) in [6, 6.07) is 12.4. The zero-order chi connectivity index (χ0) is 19.4. The van der Waals surface area contributed by atoms with E-state index in [0.29, 0.717) is 27.2 Å². The molecule has 0 unspecified atom stereocenters. The Morgan fingerprint density at radius 3 is 2.67 bits per heavy atom. The normalized spacial score (nSPS) is 16.8. The van der Waals surface area contributed by atoms with Gasteiger partial charge in [0.25, 0.3) is 0 Å². The van der Waals surface area contributed by atoms with Crippen molar-refractivity contribution in [1.82, 2.24) is 0 Å². The number of hydrogen-bond donors (Lipinski definition) is 1. The van der Waals surface area contributed by atoms with Gasteiger partial charge in [-0.15, -0.1) is 23.5 Å². The number of ketones is 1. The first kappa shape index (κ1) is 20.6. The molecule has 0 saturated carbocycles. The zero-order valence-electron chi connectivity index (χ0n) is 13.9. The molecule has 2 aromatic carbocycles. The van der Waals surface area contributed by atoms with Gasteiger partial charge in [-0.3, -0.25) is 9.59 Å². The van der Waals surface area contributed by atoms with Crippen molar-refractivity contribution in [2.75, 3.05) is 11.1 Å². The molecule has 0 saturated heterocycles. The molecule has 1 atom stereocenters. The van der Waals surface area contributed by atoms with Gasteiger partial charge < -0.3 is 5.32 Å². The molecular formula is C19H14Cl3NO2S2. The van der Waals surface area contributed by atoms with Crippen LogP contribution in [0.25, 0.3) is 0 Å². The van der Waals surface area contributed by atoms with Crippen LogP contribution in [-0.2, 0) is 9.59 Å². The van der Waals surface area contributed by atoms with Gasteiger partial charge in [0.15, 0.2) is 5.78 Å². The van der Waals surface area contributed by atoms with E-state index in [1.807, 2.05) is 24.3 Å². The highest BCUT2D eigenvalue weighted by molar-refractivity contribution is 8.22. The third-order valence-electron chi connectivity index (χ3n) is 3.73. The van der Waals surface area contributed by atoms with Gasteiger partial charge in [-0.25, -0.2) is 0 Å². The molecule has 1 N–H and O–H groups in total.